The molecule has 2 rings (SSSR count). The molecule has 8 heteroatoms. The SMILES string of the molecule is CCc1ccc(C(=O)Cn2cc(S(=O)(=O)N(CC)CC)ccc2=O)s1. The normalized spacial score (nSPS) is 11.8. The Morgan fingerprint density at radius 1 is 1.12 bits per heavy atom. The molecule has 0 aliphatic heterocycles. The number of thiophene rings is 1. The lowest BCUT2D eigenvalue weighted by atomic mass is 10.3. The Morgan fingerprint density at radius 3 is 2.36 bits per heavy atom. The smallest absolute Gasteiger partial charge is 0.251 e. The second-order valence-electron chi connectivity index (χ2n) is 5.46. The van der Waals surface area contributed by atoms with Gasteiger partial charge >= 0.3 is 0 Å². The molecule has 0 atom stereocenters. The van der Waals surface area contributed by atoms with E-state index in [2.05, 4.69) is 0 Å². The zero-order valence-corrected chi connectivity index (χ0v) is 16.2. The molecule has 0 aliphatic carbocycles. The fraction of sp³-hybridized carbons (Fsp3) is 0.412. The minimum Gasteiger partial charge on any atom is -0.306 e. The summed E-state index contributed by atoms with van der Waals surface area (Å²) in [6.45, 7) is 6.01. The van der Waals surface area contributed by atoms with E-state index in [0.717, 1.165) is 15.9 Å². The average Bonchev–Trinajstić information content (AvgIpc) is 3.06. The van der Waals surface area contributed by atoms with Crippen LogP contribution in [-0.4, -0.2) is 36.2 Å². The Kier molecular flexibility index (Phi) is 6.31. The minimum absolute atomic E-state index is 0.0176. The Hall–Kier alpha value is -1.77. The Bertz CT molecular complexity index is 909. The summed E-state index contributed by atoms with van der Waals surface area (Å²) in [6.07, 6.45) is 2.09. The molecule has 0 bridgehead atoms. The summed E-state index contributed by atoms with van der Waals surface area (Å²) in [6, 6.07) is 6.11. The molecule has 6 nitrogen and oxygen atoms in total. The van der Waals surface area contributed by atoms with Gasteiger partial charge in [0.2, 0.25) is 10.0 Å². The van der Waals surface area contributed by atoms with Crippen molar-refractivity contribution in [3.8, 4) is 0 Å². The van der Waals surface area contributed by atoms with Crippen molar-refractivity contribution in [2.24, 2.45) is 0 Å². The van der Waals surface area contributed by atoms with E-state index in [4.69, 9.17) is 0 Å². The number of nitrogens with zero attached hydrogens (tertiary/aromatic N) is 2. The summed E-state index contributed by atoms with van der Waals surface area (Å²) in [5, 5.41) is 0. The maximum Gasteiger partial charge on any atom is 0.251 e. The fourth-order valence-electron chi connectivity index (χ4n) is 2.45. The van der Waals surface area contributed by atoms with Gasteiger partial charge in [0.15, 0.2) is 5.78 Å². The number of rotatable bonds is 8. The second-order valence-corrected chi connectivity index (χ2v) is 8.57. The van der Waals surface area contributed by atoms with Gasteiger partial charge in [-0.1, -0.05) is 20.8 Å². The highest BCUT2D eigenvalue weighted by Gasteiger charge is 2.22. The van der Waals surface area contributed by atoms with Gasteiger partial charge in [-0.05, 0) is 24.6 Å². The van der Waals surface area contributed by atoms with E-state index in [1.807, 2.05) is 13.0 Å². The van der Waals surface area contributed by atoms with Crippen molar-refractivity contribution in [1.29, 1.82) is 0 Å². The van der Waals surface area contributed by atoms with Crippen LogP contribution in [0.25, 0.3) is 0 Å². The number of carbonyl (C=O) groups is 1. The highest BCUT2D eigenvalue weighted by molar-refractivity contribution is 7.89. The van der Waals surface area contributed by atoms with Crippen LogP contribution in [0.5, 0.6) is 0 Å². The number of sulfonamides is 1. The molecule has 0 saturated heterocycles. The quantitative estimate of drug-likeness (QED) is 0.657. The Labute approximate surface area is 151 Å². The Morgan fingerprint density at radius 2 is 1.80 bits per heavy atom. The van der Waals surface area contributed by atoms with E-state index in [1.165, 1.54) is 34.0 Å². The predicted octanol–water partition coefficient (Wildman–Crippen LogP) is 2.39. The molecule has 0 N–H and O–H groups in total. The molecule has 136 valence electrons. The summed E-state index contributed by atoms with van der Waals surface area (Å²) in [5.41, 5.74) is -0.404. The molecular formula is C17H22N2O4S2. The van der Waals surface area contributed by atoms with E-state index < -0.39 is 15.6 Å². The topological polar surface area (TPSA) is 76.5 Å². The highest BCUT2D eigenvalue weighted by atomic mass is 32.2. The number of carbonyl (C=O) groups excluding carboxylic acids is 1. The average molecular weight is 383 g/mol. The van der Waals surface area contributed by atoms with Gasteiger partial charge in [0.05, 0.1) is 16.3 Å². The van der Waals surface area contributed by atoms with Crippen LogP contribution in [0.4, 0.5) is 0 Å². The number of aromatic nitrogens is 1. The fourth-order valence-corrected chi connectivity index (χ4v) is 4.80. The minimum atomic E-state index is -3.68. The van der Waals surface area contributed by atoms with Crippen molar-refractivity contribution in [1.82, 2.24) is 8.87 Å². The molecule has 0 amide bonds. The van der Waals surface area contributed by atoms with Gasteiger partial charge in [-0.2, -0.15) is 4.31 Å². The number of hydrogen-bond donors (Lipinski definition) is 0. The number of ketones is 1. The van der Waals surface area contributed by atoms with Gasteiger partial charge in [-0.25, -0.2) is 8.42 Å². The zero-order chi connectivity index (χ0) is 18.6. The molecule has 0 aromatic carbocycles. The molecule has 2 heterocycles. The van der Waals surface area contributed by atoms with Crippen molar-refractivity contribution >= 4 is 27.1 Å². The maximum atomic E-state index is 12.6. The summed E-state index contributed by atoms with van der Waals surface area (Å²) in [7, 11) is -3.68. The largest absolute Gasteiger partial charge is 0.306 e. The van der Waals surface area contributed by atoms with Crippen molar-refractivity contribution in [3.63, 3.8) is 0 Å². The van der Waals surface area contributed by atoms with E-state index in [-0.39, 0.29) is 17.2 Å². The van der Waals surface area contributed by atoms with Gasteiger partial charge in [-0.3, -0.25) is 9.59 Å². The third-order valence-electron chi connectivity index (χ3n) is 3.90. The first-order valence-corrected chi connectivity index (χ1v) is 10.4. The van der Waals surface area contributed by atoms with Gasteiger partial charge in [0, 0.05) is 30.2 Å². The van der Waals surface area contributed by atoms with Gasteiger partial charge in [0.25, 0.3) is 5.56 Å². The molecule has 0 fully saturated rings. The molecule has 2 aromatic heterocycles. The van der Waals surface area contributed by atoms with Crippen LogP contribution in [0.15, 0.2) is 40.2 Å². The van der Waals surface area contributed by atoms with Crippen molar-refractivity contribution < 1.29 is 13.2 Å². The van der Waals surface area contributed by atoms with E-state index >= 15 is 0 Å². The van der Waals surface area contributed by atoms with Crippen LogP contribution < -0.4 is 5.56 Å². The molecule has 0 saturated carbocycles. The number of pyridine rings is 1. The Balaban J connectivity index is 2.33. The zero-order valence-electron chi connectivity index (χ0n) is 14.6. The molecule has 0 spiro atoms. The summed E-state index contributed by atoms with van der Waals surface area (Å²) < 4.78 is 27.6. The van der Waals surface area contributed by atoms with Crippen molar-refractivity contribution in [3.05, 3.63) is 50.6 Å². The first kappa shape index (κ1) is 19.6. The third-order valence-corrected chi connectivity index (χ3v) is 7.20. The van der Waals surface area contributed by atoms with Crippen LogP contribution in [0.2, 0.25) is 0 Å². The van der Waals surface area contributed by atoms with Crippen LogP contribution in [0.3, 0.4) is 0 Å². The predicted molar refractivity (Wildman–Crippen MR) is 98.8 cm³/mol. The lowest BCUT2D eigenvalue weighted by molar-refractivity contribution is 0.0974. The van der Waals surface area contributed by atoms with Crippen molar-refractivity contribution in [2.45, 2.75) is 38.6 Å². The van der Waals surface area contributed by atoms with Gasteiger partial charge in [-0.15, -0.1) is 11.3 Å². The van der Waals surface area contributed by atoms with E-state index in [0.29, 0.717) is 18.0 Å². The monoisotopic (exact) mass is 382 g/mol. The maximum absolute atomic E-state index is 12.6. The molecule has 0 unspecified atom stereocenters. The molecular weight excluding hydrogens is 360 g/mol. The van der Waals surface area contributed by atoms with Crippen LogP contribution in [-0.2, 0) is 23.0 Å². The third kappa shape index (κ3) is 4.26. The van der Waals surface area contributed by atoms with Gasteiger partial charge in [0.1, 0.15) is 0 Å². The molecule has 25 heavy (non-hydrogen) atoms. The van der Waals surface area contributed by atoms with Crippen molar-refractivity contribution in [2.75, 3.05) is 13.1 Å². The van der Waals surface area contributed by atoms with E-state index in [9.17, 15) is 18.0 Å². The first-order chi connectivity index (χ1) is 11.8. The highest BCUT2D eigenvalue weighted by Crippen LogP contribution is 2.18. The molecule has 2 aromatic rings. The lowest BCUT2D eigenvalue weighted by Gasteiger charge is -2.18. The first-order valence-electron chi connectivity index (χ1n) is 8.16. The number of hydrogen-bond acceptors (Lipinski definition) is 5. The lowest BCUT2D eigenvalue weighted by Crippen LogP contribution is -2.32. The second kappa shape index (κ2) is 8.07. The van der Waals surface area contributed by atoms with Gasteiger partial charge < -0.3 is 4.57 Å². The van der Waals surface area contributed by atoms with Crippen LogP contribution in [0.1, 0.15) is 35.3 Å². The standard InChI is InChI=1S/C17H22N2O4S2/c1-4-13-7-9-16(24-13)15(20)12-18-11-14(8-10-17(18)21)25(22,23)19(5-2)6-3/h7-11H,4-6,12H2,1-3H3. The molecule has 0 radical (unpaired) electrons. The summed E-state index contributed by atoms with van der Waals surface area (Å²) in [5.74, 6) is -0.204. The molecule has 0 aliphatic rings. The number of aryl methyl sites for hydroxylation is 1. The number of Topliss-reactive ketones (excluding diaryl/α,β-unsaturated/α-hetero) is 1. The van der Waals surface area contributed by atoms with Crippen LogP contribution in [0, 0.1) is 0 Å². The summed E-state index contributed by atoms with van der Waals surface area (Å²) in [4.78, 5) is 26.1. The summed E-state index contributed by atoms with van der Waals surface area (Å²) >= 11 is 1.40. The van der Waals surface area contributed by atoms with E-state index in [1.54, 1.807) is 19.9 Å². The van der Waals surface area contributed by atoms with Crippen LogP contribution >= 0.6 is 11.3 Å².